The SMILES string of the molecule is O=C(CCC(=O)Nc1ccc(Br)cc1)NC[C@@H]1OCCc2ccccc21. The van der Waals surface area contributed by atoms with E-state index in [-0.39, 0.29) is 30.8 Å². The molecule has 5 nitrogen and oxygen atoms in total. The standard InChI is InChI=1S/C20H21BrN2O3/c21-15-5-7-16(8-6-15)23-20(25)10-9-19(24)22-13-18-17-4-2-1-3-14(17)11-12-26-18/h1-8,18H,9-13H2,(H,22,24)(H,23,25)/t18-/m0/s1. The van der Waals surface area contributed by atoms with E-state index in [9.17, 15) is 9.59 Å². The number of carbonyl (C=O) groups excluding carboxylic acids is 2. The van der Waals surface area contributed by atoms with Crippen LogP contribution in [0.25, 0.3) is 0 Å². The highest BCUT2D eigenvalue weighted by Crippen LogP contribution is 2.26. The maximum absolute atomic E-state index is 12.0. The Hall–Kier alpha value is -2.18. The van der Waals surface area contributed by atoms with Crippen LogP contribution in [0.1, 0.15) is 30.1 Å². The Morgan fingerprint density at radius 3 is 2.58 bits per heavy atom. The van der Waals surface area contributed by atoms with Crippen molar-refractivity contribution in [1.82, 2.24) is 5.32 Å². The summed E-state index contributed by atoms with van der Waals surface area (Å²) in [5, 5.41) is 5.65. The van der Waals surface area contributed by atoms with Crippen LogP contribution in [0.2, 0.25) is 0 Å². The van der Waals surface area contributed by atoms with Crippen molar-refractivity contribution in [1.29, 1.82) is 0 Å². The Morgan fingerprint density at radius 2 is 1.77 bits per heavy atom. The number of halogens is 1. The first-order valence-electron chi connectivity index (χ1n) is 8.63. The zero-order valence-corrected chi connectivity index (χ0v) is 15.9. The fraction of sp³-hybridized carbons (Fsp3) is 0.300. The van der Waals surface area contributed by atoms with Crippen LogP contribution in [0, 0.1) is 0 Å². The Balaban J connectivity index is 1.42. The Kier molecular flexibility index (Phi) is 6.41. The maximum Gasteiger partial charge on any atom is 0.224 e. The normalized spacial score (nSPS) is 15.8. The third kappa shape index (κ3) is 5.16. The first kappa shape index (κ1) is 18.6. The third-order valence-electron chi connectivity index (χ3n) is 4.28. The zero-order valence-electron chi connectivity index (χ0n) is 14.3. The van der Waals surface area contributed by atoms with Gasteiger partial charge < -0.3 is 15.4 Å². The summed E-state index contributed by atoms with van der Waals surface area (Å²) in [5.41, 5.74) is 3.12. The van der Waals surface area contributed by atoms with Crippen LogP contribution in [-0.2, 0) is 20.7 Å². The molecule has 1 atom stereocenters. The second-order valence-corrected chi connectivity index (χ2v) is 7.08. The molecule has 1 heterocycles. The Morgan fingerprint density at radius 1 is 1.04 bits per heavy atom. The van der Waals surface area contributed by atoms with Gasteiger partial charge >= 0.3 is 0 Å². The molecular formula is C20H21BrN2O3. The minimum Gasteiger partial charge on any atom is -0.371 e. The lowest BCUT2D eigenvalue weighted by Crippen LogP contribution is -2.32. The van der Waals surface area contributed by atoms with Crippen LogP contribution in [0.15, 0.2) is 53.0 Å². The molecule has 1 aliphatic heterocycles. The van der Waals surface area contributed by atoms with Crippen molar-refractivity contribution in [3.05, 3.63) is 64.1 Å². The van der Waals surface area contributed by atoms with Crippen molar-refractivity contribution in [2.45, 2.75) is 25.4 Å². The van der Waals surface area contributed by atoms with E-state index in [0.29, 0.717) is 18.8 Å². The van der Waals surface area contributed by atoms with Gasteiger partial charge in [-0.3, -0.25) is 9.59 Å². The molecule has 2 N–H and O–H groups in total. The highest BCUT2D eigenvalue weighted by molar-refractivity contribution is 9.10. The van der Waals surface area contributed by atoms with Gasteiger partial charge in [0.25, 0.3) is 0 Å². The quantitative estimate of drug-likeness (QED) is 0.755. The van der Waals surface area contributed by atoms with Gasteiger partial charge in [-0.05, 0) is 41.8 Å². The number of nitrogens with one attached hydrogen (secondary N) is 2. The number of ether oxygens (including phenoxy) is 1. The zero-order chi connectivity index (χ0) is 18.4. The number of amides is 2. The monoisotopic (exact) mass is 416 g/mol. The number of benzene rings is 2. The molecule has 0 radical (unpaired) electrons. The second kappa shape index (κ2) is 8.96. The predicted octanol–water partition coefficient (Wildman–Crippen LogP) is 3.60. The van der Waals surface area contributed by atoms with E-state index < -0.39 is 0 Å². The van der Waals surface area contributed by atoms with E-state index in [1.165, 1.54) is 5.56 Å². The number of rotatable bonds is 6. The summed E-state index contributed by atoms with van der Waals surface area (Å²) in [4.78, 5) is 24.0. The van der Waals surface area contributed by atoms with E-state index in [0.717, 1.165) is 16.5 Å². The molecule has 26 heavy (non-hydrogen) atoms. The van der Waals surface area contributed by atoms with Crippen molar-refractivity contribution in [2.24, 2.45) is 0 Å². The molecule has 6 heteroatoms. The van der Waals surface area contributed by atoms with E-state index >= 15 is 0 Å². The largest absolute Gasteiger partial charge is 0.371 e. The molecule has 0 saturated carbocycles. The summed E-state index contributed by atoms with van der Waals surface area (Å²) in [6.07, 6.45) is 1.07. The lowest BCUT2D eigenvalue weighted by atomic mass is 9.97. The number of hydrogen-bond donors (Lipinski definition) is 2. The minimum atomic E-state index is -0.179. The second-order valence-electron chi connectivity index (χ2n) is 6.17. The Bertz CT molecular complexity index is 777. The van der Waals surface area contributed by atoms with Gasteiger partial charge in [0, 0.05) is 29.5 Å². The van der Waals surface area contributed by atoms with Gasteiger partial charge in [-0.1, -0.05) is 40.2 Å². The van der Waals surface area contributed by atoms with Crippen LogP contribution in [0.5, 0.6) is 0 Å². The summed E-state index contributed by atoms with van der Waals surface area (Å²) >= 11 is 3.35. The summed E-state index contributed by atoms with van der Waals surface area (Å²) in [5.74, 6) is -0.329. The summed E-state index contributed by atoms with van der Waals surface area (Å²) in [6.45, 7) is 1.08. The van der Waals surface area contributed by atoms with Crippen LogP contribution in [-0.4, -0.2) is 25.0 Å². The van der Waals surface area contributed by atoms with Crippen LogP contribution < -0.4 is 10.6 Å². The number of hydrogen-bond acceptors (Lipinski definition) is 3. The summed E-state index contributed by atoms with van der Waals surface area (Å²) in [7, 11) is 0. The molecule has 0 aromatic heterocycles. The van der Waals surface area contributed by atoms with Gasteiger partial charge in [-0.15, -0.1) is 0 Å². The van der Waals surface area contributed by atoms with Gasteiger partial charge in [0.1, 0.15) is 6.10 Å². The topological polar surface area (TPSA) is 67.4 Å². The van der Waals surface area contributed by atoms with Crippen molar-refractivity contribution >= 4 is 33.4 Å². The Labute approximate surface area is 161 Å². The van der Waals surface area contributed by atoms with Gasteiger partial charge in [-0.2, -0.15) is 0 Å². The molecule has 2 aromatic carbocycles. The average molecular weight is 417 g/mol. The van der Waals surface area contributed by atoms with Gasteiger partial charge in [0.2, 0.25) is 11.8 Å². The van der Waals surface area contributed by atoms with Gasteiger partial charge in [-0.25, -0.2) is 0 Å². The van der Waals surface area contributed by atoms with Gasteiger partial charge in [0.05, 0.1) is 6.61 Å². The molecule has 0 spiro atoms. The highest BCUT2D eigenvalue weighted by Gasteiger charge is 2.20. The molecule has 136 valence electrons. The first-order valence-corrected chi connectivity index (χ1v) is 9.42. The molecule has 3 rings (SSSR count). The smallest absolute Gasteiger partial charge is 0.224 e. The van der Waals surface area contributed by atoms with Crippen molar-refractivity contribution in [3.8, 4) is 0 Å². The molecule has 0 bridgehead atoms. The molecule has 0 saturated heterocycles. The molecule has 1 aliphatic rings. The van der Waals surface area contributed by atoms with E-state index in [2.05, 4.69) is 32.6 Å². The van der Waals surface area contributed by atoms with Gasteiger partial charge in [0.15, 0.2) is 0 Å². The number of carbonyl (C=O) groups is 2. The lowest BCUT2D eigenvalue weighted by Gasteiger charge is -2.26. The molecule has 2 aromatic rings. The molecular weight excluding hydrogens is 396 g/mol. The van der Waals surface area contributed by atoms with Crippen molar-refractivity contribution < 1.29 is 14.3 Å². The summed E-state index contributed by atoms with van der Waals surface area (Å²) in [6, 6.07) is 15.4. The van der Waals surface area contributed by atoms with E-state index in [4.69, 9.17) is 4.74 Å². The third-order valence-corrected chi connectivity index (χ3v) is 4.81. The number of anilines is 1. The van der Waals surface area contributed by atoms with Crippen LogP contribution >= 0.6 is 15.9 Å². The van der Waals surface area contributed by atoms with E-state index in [1.807, 2.05) is 30.3 Å². The van der Waals surface area contributed by atoms with Crippen molar-refractivity contribution in [3.63, 3.8) is 0 Å². The first-order chi connectivity index (χ1) is 12.6. The fourth-order valence-electron chi connectivity index (χ4n) is 2.92. The molecule has 2 amide bonds. The molecule has 0 fully saturated rings. The average Bonchev–Trinajstić information content (AvgIpc) is 2.66. The minimum absolute atomic E-state index is 0.125. The predicted molar refractivity (Wildman–Crippen MR) is 104 cm³/mol. The summed E-state index contributed by atoms with van der Waals surface area (Å²) < 4.78 is 6.72. The van der Waals surface area contributed by atoms with Crippen LogP contribution in [0.4, 0.5) is 5.69 Å². The highest BCUT2D eigenvalue weighted by atomic mass is 79.9. The lowest BCUT2D eigenvalue weighted by molar-refractivity contribution is -0.124. The maximum atomic E-state index is 12.0. The van der Waals surface area contributed by atoms with E-state index in [1.54, 1.807) is 12.1 Å². The van der Waals surface area contributed by atoms with Crippen molar-refractivity contribution in [2.75, 3.05) is 18.5 Å². The number of fused-ring (bicyclic) bond motifs is 1. The molecule has 0 unspecified atom stereocenters. The fourth-order valence-corrected chi connectivity index (χ4v) is 3.19. The van der Waals surface area contributed by atoms with Crippen LogP contribution in [0.3, 0.4) is 0 Å². The molecule has 0 aliphatic carbocycles.